The van der Waals surface area contributed by atoms with E-state index < -0.39 is 6.09 Å². The van der Waals surface area contributed by atoms with Crippen LogP contribution >= 0.6 is 0 Å². The minimum absolute atomic E-state index is 0.147. The number of rotatable bonds is 4. The summed E-state index contributed by atoms with van der Waals surface area (Å²) in [5.74, 6) is 1.61. The van der Waals surface area contributed by atoms with Crippen LogP contribution in [0.4, 0.5) is 4.79 Å². The monoisotopic (exact) mass is 407 g/mol. The highest BCUT2D eigenvalue weighted by Gasteiger charge is 2.59. The first-order valence-corrected chi connectivity index (χ1v) is 10.5. The molecule has 2 amide bonds. The van der Waals surface area contributed by atoms with E-state index in [1.807, 2.05) is 6.07 Å². The Morgan fingerprint density at radius 1 is 1.00 bits per heavy atom. The number of aryl methyl sites for hydroxylation is 1. The molecule has 2 unspecified atom stereocenters. The lowest BCUT2D eigenvalue weighted by Gasteiger charge is -2.61. The highest BCUT2D eigenvalue weighted by Crippen LogP contribution is 2.57. The van der Waals surface area contributed by atoms with Crippen LogP contribution < -0.4 is 15.4 Å². The van der Waals surface area contributed by atoms with Gasteiger partial charge in [0.25, 0.3) is 5.91 Å². The molecule has 4 bridgehead atoms. The molecule has 4 fully saturated rings. The van der Waals surface area contributed by atoms with Crippen molar-refractivity contribution in [1.29, 1.82) is 0 Å². The summed E-state index contributed by atoms with van der Waals surface area (Å²) in [4.78, 5) is 37.8. The fraction of sp³-hybridized carbons (Fsp3) is 0.500. The first-order valence-electron chi connectivity index (χ1n) is 10.5. The molecule has 0 aromatic carbocycles. The molecule has 4 saturated carbocycles. The molecule has 4 aliphatic rings. The van der Waals surface area contributed by atoms with Crippen LogP contribution in [0.3, 0.4) is 0 Å². The Hall–Kier alpha value is -3.03. The molecular formula is C22H25N5O3. The molecule has 4 aliphatic carbocycles. The predicted octanol–water partition coefficient (Wildman–Crippen LogP) is 2.79. The van der Waals surface area contributed by atoms with Gasteiger partial charge in [0, 0.05) is 29.5 Å². The molecule has 2 aromatic rings. The van der Waals surface area contributed by atoms with Crippen LogP contribution in [-0.4, -0.2) is 38.0 Å². The lowest BCUT2D eigenvalue weighted by molar-refractivity contribution is -0.0450. The Bertz CT molecular complexity index is 966. The van der Waals surface area contributed by atoms with Gasteiger partial charge in [-0.25, -0.2) is 9.78 Å². The number of carbonyl (C=O) groups excluding carboxylic acids is 2. The largest absolute Gasteiger partial charge is 0.414 e. The molecule has 2 heterocycles. The van der Waals surface area contributed by atoms with E-state index in [1.165, 1.54) is 0 Å². The maximum atomic E-state index is 12.8. The van der Waals surface area contributed by atoms with Crippen LogP contribution in [0.1, 0.15) is 54.8 Å². The smallest absolute Gasteiger partial charge is 0.391 e. The van der Waals surface area contributed by atoms with Crippen LogP contribution in [0.5, 0.6) is 5.88 Å². The third kappa shape index (κ3) is 3.62. The average Bonchev–Trinajstić information content (AvgIpc) is 2.66. The van der Waals surface area contributed by atoms with Crippen LogP contribution in [0, 0.1) is 18.8 Å². The first-order chi connectivity index (χ1) is 14.4. The third-order valence-electron chi connectivity index (χ3n) is 6.65. The van der Waals surface area contributed by atoms with Gasteiger partial charge in [-0.3, -0.25) is 9.78 Å². The number of aromatic nitrogens is 3. The Morgan fingerprint density at radius 3 is 2.40 bits per heavy atom. The molecule has 30 heavy (non-hydrogen) atoms. The van der Waals surface area contributed by atoms with Gasteiger partial charge in [0.05, 0.1) is 0 Å². The number of nitrogens with zero attached hydrogens (tertiary/aromatic N) is 3. The highest BCUT2D eigenvalue weighted by molar-refractivity contribution is 5.92. The summed E-state index contributed by atoms with van der Waals surface area (Å²) in [7, 11) is 0. The van der Waals surface area contributed by atoms with E-state index in [0.717, 1.165) is 32.1 Å². The zero-order chi connectivity index (χ0) is 20.8. The third-order valence-corrected chi connectivity index (χ3v) is 6.65. The molecule has 156 valence electrons. The molecule has 2 aromatic heterocycles. The number of pyridine rings is 1. The number of hydrogen-bond donors (Lipinski definition) is 2. The predicted molar refractivity (Wildman–Crippen MR) is 108 cm³/mol. The molecule has 8 nitrogen and oxygen atoms in total. The normalized spacial score (nSPS) is 31.2. The number of ether oxygens (including phenoxy) is 1. The second kappa shape index (κ2) is 7.04. The summed E-state index contributed by atoms with van der Waals surface area (Å²) >= 11 is 0. The summed E-state index contributed by atoms with van der Waals surface area (Å²) in [6, 6.07) is 6.91. The first kappa shape index (κ1) is 19.0. The molecule has 6 rings (SSSR count). The fourth-order valence-electron chi connectivity index (χ4n) is 6.19. The van der Waals surface area contributed by atoms with Crippen molar-refractivity contribution in [2.24, 2.45) is 11.8 Å². The van der Waals surface area contributed by atoms with Crippen LogP contribution in [-0.2, 0) is 0 Å². The standard InChI is InChI=1S/C22H25N5O3/c1-14-23-7-5-18(25-14)30-20(29)27-22-11-15-8-16(12-22)10-21(9-15,13-22)26-19(28)17-4-2-3-6-24-17/h2-7,15-16H,8-13H2,1H3,(H,26,28)(H,27,29). The summed E-state index contributed by atoms with van der Waals surface area (Å²) in [5.41, 5.74) is -0.244. The van der Waals surface area contributed by atoms with E-state index >= 15 is 0 Å². The van der Waals surface area contributed by atoms with E-state index in [1.54, 1.807) is 37.5 Å². The Labute approximate surface area is 174 Å². The van der Waals surface area contributed by atoms with E-state index in [0.29, 0.717) is 29.8 Å². The van der Waals surface area contributed by atoms with Crippen molar-refractivity contribution in [3.05, 3.63) is 48.2 Å². The van der Waals surface area contributed by atoms with Crippen molar-refractivity contribution < 1.29 is 14.3 Å². The van der Waals surface area contributed by atoms with Crippen molar-refractivity contribution >= 4 is 12.0 Å². The Balaban J connectivity index is 1.32. The van der Waals surface area contributed by atoms with Gasteiger partial charge in [-0.1, -0.05) is 6.07 Å². The average molecular weight is 407 g/mol. The van der Waals surface area contributed by atoms with Gasteiger partial charge in [0.2, 0.25) is 5.88 Å². The number of hydrogen-bond acceptors (Lipinski definition) is 6. The van der Waals surface area contributed by atoms with E-state index in [-0.39, 0.29) is 22.9 Å². The van der Waals surface area contributed by atoms with Crippen LogP contribution in [0.25, 0.3) is 0 Å². The maximum Gasteiger partial charge on any atom is 0.414 e. The zero-order valence-corrected chi connectivity index (χ0v) is 16.9. The molecular weight excluding hydrogens is 382 g/mol. The van der Waals surface area contributed by atoms with Crippen LogP contribution in [0.2, 0.25) is 0 Å². The topological polar surface area (TPSA) is 106 Å². The van der Waals surface area contributed by atoms with Gasteiger partial charge >= 0.3 is 6.09 Å². The second-order valence-corrected chi connectivity index (χ2v) is 9.15. The summed E-state index contributed by atoms with van der Waals surface area (Å²) in [6.07, 6.45) is 8.30. The SMILES string of the molecule is Cc1nccc(OC(=O)NC23CC4CC(C2)CC(NC(=O)c2ccccn2)(C4)C3)n1. The molecule has 8 heteroatoms. The van der Waals surface area contributed by atoms with Gasteiger partial charge in [-0.15, -0.1) is 0 Å². The van der Waals surface area contributed by atoms with E-state index in [2.05, 4.69) is 25.6 Å². The quantitative estimate of drug-likeness (QED) is 0.807. The number of carbonyl (C=O) groups is 2. The minimum Gasteiger partial charge on any atom is -0.391 e. The van der Waals surface area contributed by atoms with Gasteiger partial charge in [-0.05, 0) is 69.4 Å². The number of nitrogens with one attached hydrogen (secondary N) is 2. The lowest BCUT2D eigenvalue weighted by atomic mass is 9.50. The second-order valence-electron chi connectivity index (χ2n) is 9.15. The Kier molecular flexibility index (Phi) is 4.45. The van der Waals surface area contributed by atoms with Crippen molar-refractivity contribution in [3.8, 4) is 5.88 Å². The summed E-state index contributed by atoms with van der Waals surface area (Å²) in [5, 5.41) is 6.42. The van der Waals surface area contributed by atoms with Gasteiger partial charge in [0.15, 0.2) is 0 Å². The fourth-order valence-corrected chi connectivity index (χ4v) is 6.19. The maximum absolute atomic E-state index is 12.8. The molecule has 2 N–H and O–H groups in total. The minimum atomic E-state index is -0.499. The van der Waals surface area contributed by atoms with Gasteiger partial charge in [0.1, 0.15) is 11.5 Å². The van der Waals surface area contributed by atoms with Crippen LogP contribution in [0.15, 0.2) is 36.7 Å². The zero-order valence-electron chi connectivity index (χ0n) is 16.9. The molecule has 0 radical (unpaired) electrons. The highest BCUT2D eigenvalue weighted by atomic mass is 16.6. The molecule has 0 spiro atoms. The van der Waals surface area contributed by atoms with Gasteiger partial charge < -0.3 is 15.4 Å². The van der Waals surface area contributed by atoms with Gasteiger partial charge in [-0.2, -0.15) is 4.98 Å². The van der Waals surface area contributed by atoms with E-state index in [4.69, 9.17) is 4.74 Å². The van der Waals surface area contributed by atoms with Crippen molar-refractivity contribution in [2.45, 2.75) is 56.5 Å². The molecule has 2 atom stereocenters. The summed E-state index contributed by atoms with van der Waals surface area (Å²) < 4.78 is 5.42. The molecule has 0 aliphatic heterocycles. The number of amides is 2. The lowest BCUT2D eigenvalue weighted by Crippen LogP contribution is -2.70. The van der Waals surface area contributed by atoms with Crippen molar-refractivity contribution in [3.63, 3.8) is 0 Å². The molecule has 0 saturated heterocycles. The van der Waals surface area contributed by atoms with Crippen molar-refractivity contribution in [1.82, 2.24) is 25.6 Å². The van der Waals surface area contributed by atoms with E-state index in [9.17, 15) is 9.59 Å². The summed E-state index contributed by atoms with van der Waals surface area (Å²) in [6.45, 7) is 1.75. The Morgan fingerprint density at radius 2 is 1.73 bits per heavy atom. The van der Waals surface area contributed by atoms with Crippen molar-refractivity contribution in [2.75, 3.05) is 0 Å².